The molecule has 5 heteroatoms. The highest BCUT2D eigenvalue weighted by atomic mass is 16.1. The standard InChI is InChI=1S/C41H30O5/c42-37(27-13-5-1-6-14-27)31-21-32(38(43)28-15-7-2-8-16-28)24-35(23-31)41(46)36-25-33(39(44)29-17-9-3-10-18-29)22-34(26-36)40(45)30-19-11-4-12-20-30/h1-3,5-7,9-11,13-15,17-26H,4,8,12,16H2. The third-order valence-corrected chi connectivity index (χ3v) is 8.07. The molecule has 5 nitrogen and oxygen atoms in total. The van der Waals surface area contributed by atoms with Gasteiger partial charge in [-0.1, -0.05) is 97.1 Å². The summed E-state index contributed by atoms with van der Waals surface area (Å²) in [4.78, 5) is 68.6. The maximum absolute atomic E-state index is 14.3. The van der Waals surface area contributed by atoms with Crippen molar-refractivity contribution < 1.29 is 24.0 Å². The molecule has 6 rings (SSSR count). The van der Waals surface area contributed by atoms with Crippen molar-refractivity contribution >= 4 is 28.9 Å². The molecule has 0 atom stereocenters. The summed E-state index contributed by atoms with van der Waals surface area (Å²) in [5.41, 5.74) is 2.93. The summed E-state index contributed by atoms with van der Waals surface area (Å²) < 4.78 is 0. The van der Waals surface area contributed by atoms with Gasteiger partial charge in [0.1, 0.15) is 0 Å². The first-order valence-electron chi connectivity index (χ1n) is 15.3. The van der Waals surface area contributed by atoms with Gasteiger partial charge < -0.3 is 0 Å². The molecule has 0 N–H and O–H groups in total. The SMILES string of the molecule is O=C(C1=CCCC=C1)c1cc(C(=O)c2ccccc2)cc(C(=O)c2cc(C(=O)C3=CC=CCC3)cc(C(=O)c3ccccc3)c2)c1. The first kappa shape index (κ1) is 30.2. The van der Waals surface area contributed by atoms with Gasteiger partial charge in [-0.3, -0.25) is 24.0 Å². The maximum Gasteiger partial charge on any atom is 0.193 e. The molecule has 4 aromatic carbocycles. The van der Waals surface area contributed by atoms with Crippen LogP contribution in [-0.4, -0.2) is 28.9 Å². The predicted octanol–water partition coefficient (Wildman–Crippen LogP) is 8.30. The summed E-state index contributed by atoms with van der Waals surface area (Å²) in [6.07, 6.45) is 13.9. The Hall–Kier alpha value is -5.81. The van der Waals surface area contributed by atoms with Crippen LogP contribution in [0.3, 0.4) is 0 Å². The van der Waals surface area contributed by atoms with Gasteiger partial charge in [0, 0.05) is 55.7 Å². The molecule has 0 bridgehead atoms. The van der Waals surface area contributed by atoms with E-state index in [4.69, 9.17) is 0 Å². The van der Waals surface area contributed by atoms with Gasteiger partial charge in [0.05, 0.1) is 0 Å². The van der Waals surface area contributed by atoms with E-state index in [9.17, 15) is 24.0 Å². The van der Waals surface area contributed by atoms with Crippen LogP contribution in [0.25, 0.3) is 0 Å². The Kier molecular flexibility index (Phi) is 8.84. The third kappa shape index (κ3) is 6.49. The van der Waals surface area contributed by atoms with E-state index in [1.807, 2.05) is 24.3 Å². The lowest BCUT2D eigenvalue weighted by atomic mass is 9.88. The zero-order chi connectivity index (χ0) is 32.0. The van der Waals surface area contributed by atoms with Crippen LogP contribution in [0.2, 0.25) is 0 Å². The predicted molar refractivity (Wildman–Crippen MR) is 178 cm³/mol. The van der Waals surface area contributed by atoms with Crippen LogP contribution in [-0.2, 0) is 0 Å². The smallest absolute Gasteiger partial charge is 0.193 e. The molecule has 2 aliphatic rings. The Morgan fingerprint density at radius 3 is 1.33 bits per heavy atom. The number of ketones is 5. The van der Waals surface area contributed by atoms with Gasteiger partial charge in [0.15, 0.2) is 28.9 Å². The van der Waals surface area contributed by atoms with Gasteiger partial charge in [-0.15, -0.1) is 0 Å². The molecule has 224 valence electrons. The largest absolute Gasteiger partial charge is 0.289 e. The second-order valence-electron chi connectivity index (χ2n) is 11.3. The van der Waals surface area contributed by atoms with Crippen molar-refractivity contribution in [1.82, 2.24) is 0 Å². The monoisotopic (exact) mass is 602 g/mol. The zero-order valence-electron chi connectivity index (χ0n) is 25.1. The summed E-state index contributed by atoms with van der Waals surface area (Å²) in [6, 6.07) is 26.3. The molecule has 0 saturated heterocycles. The summed E-state index contributed by atoms with van der Waals surface area (Å²) in [5, 5.41) is 0. The van der Waals surface area contributed by atoms with E-state index in [2.05, 4.69) is 0 Å². The van der Waals surface area contributed by atoms with Crippen molar-refractivity contribution in [2.24, 2.45) is 0 Å². The first-order valence-corrected chi connectivity index (χ1v) is 15.3. The molecular formula is C41H30O5. The van der Waals surface area contributed by atoms with Crippen LogP contribution in [0.15, 0.2) is 145 Å². The minimum absolute atomic E-state index is 0.105. The molecule has 0 spiro atoms. The number of hydrogen-bond acceptors (Lipinski definition) is 5. The number of hydrogen-bond donors (Lipinski definition) is 0. The summed E-state index contributed by atoms with van der Waals surface area (Å²) in [6.45, 7) is 0. The Morgan fingerprint density at radius 1 is 0.435 bits per heavy atom. The molecule has 2 aliphatic carbocycles. The van der Waals surface area contributed by atoms with Crippen LogP contribution < -0.4 is 0 Å². The third-order valence-electron chi connectivity index (χ3n) is 8.07. The highest BCUT2D eigenvalue weighted by Crippen LogP contribution is 2.26. The van der Waals surface area contributed by atoms with Crippen molar-refractivity contribution in [1.29, 1.82) is 0 Å². The van der Waals surface area contributed by atoms with E-state index in [1.165, 1.54) is 36.4 Å². The molecule has 0 heterocycles. The van der Waals surface area contributed by atoms with Crippen molar-refractivity contribution in [3.8, 4) is 0 Å². The molecule has 0 aliphatic heterocycles. The van der Waals surface area contributed by atoms with Gasteiger partial charge in [-0.25, -0.2) is 0 Å². The second-order valence-corrected chi connectivity index (χ2v) is 11.3. The fourth-order valence-electron chi connectivity index (χ4n) is 5.65. The number of Topliss-reactive ketones (excluding diaryl/α,β-unsaturated/α-hetero) is 2. The van der Waals surface area contributed by atoms with Crippen LogP contribution >= 0.6 is 0 Å². The Morgan fingerprint density at radius 2 is 0.891 bits per heavy atom. The lowest BCUT2D eigenvalue weighted by Gasteiger charge is -2.13. The Bertz CT molecular complexity index is 2010. The van der Waals surface area contributed by atoms with Gasteiger partial charge >= 0.3 is 0 Å². The molecule has 4 aromatic rings. The maximum atomic E-state index is 14.3. The van der Waals surface area contributed by atoms with Gasteiger partial charge in [-0.2, -0.15) is 0 Å². The average Bonchev–Trinajstić information content (AvgIpc) is 3.14. The normalized spacial score (nSPS) is 13.8. The van der Waals surface area contributed by atoms with E-state index in [0.29, 0.717) is 28.7 Å². The highest BCUT2D eigenvalue weighted by molar-refractivity contribution is 6.20. The van der Waals surface area contributed by atoms with E-state index in [-0.39, 0.29) is 56.5 Å². The molecule has 0 fully saturated rings. The fourth-order valence-corrected chi connectivity index (χ4v) is 5.65. The van der Waals surface area contributed by atoms with Crippen molar-refractivity contribution in [2.45, 2.75) is 25.7 Å². The van der Waals surface area contributed by atoms with Crippen LogP contribution in [0.1, 0.15) is 94.2 Å². The van der Waals surface area contributed by atoms with Gasteiger partial charge in [0.2, 0.25) is 0 Å². The number of allylic oxidation sites excluding steroid dienone is 8. The van der Waals surface area contributed by atoms with Crippen LogP contribution in [0.4, 0.5) is 0 Å². The van der Waals surface area contributed by atoms with Gasteiger partial charge in [-0.05, 0) is 62.1 Å². The summed E-state index contributed by atoms with van der Waals surface area (Å²) in [5.74, 6) is -1.74. The molecule has 0 radical (unpaired) electrons. The lowest BCUT2D eigenvalue weighted by molar-refractivity contribution is 0.102. The topological polar surface area (TPSA) is 85.3 Å². The van der Waals surface area contributed by atoms with Crippen molar-refractivity contribution in [2.75, 3.05) is 0 Å². The number of benzene rings is 4. The highest BCUT2D eigenvalue weighted by Gasteiger charge is 2.23. The van der Waals surface area contributed by atoms with E-state index < -0.39 is 5.78 Å². The van der Waals surface area contributed by atoms with Gasteiger partial charge in [0.25, 0.3) is 0 Å². The molecule has 0 amide bonds. The molecule has 0 aromatic heterocycles. The van der Waals surface area contributed by atoms with E-state index in [0.717, 1.165) is 19.3 Å². The Labute approximate surface area is 267 Å². The number of carbonyl (C=O) groups excluding carboxylic acids is 5. The van der Waals surface area contributed by atoms with Crippen molar-refractivity contribution in [3.63, 3.8) is 0 Å². The summed E-state index contributed by atoms with van der Waals surface area (Å²) >= 11 is 0. The number of carbonyl (C=O) groups is 5. The zero-order valence-corrected chi connectivity index (χ0v) is 25.1. The van der Waals surface area contributed by atoms with Crippen LogP contribution in [0.5, 0.6) is 0 Å². The van der Waals surface area contributed by atoms with Crippen molar-refractivity contribution in [3.05, 3.63) is 189 Å². The lowest BCUT2D eigenvalue weighted by Crippen LogP contribution is -2.13. The van der Waals surface area contributed by atoms with E-state index >= 15 is 0 Å². The minimum Gasteiger partial charge on any atom is -0.289 e. The molecule has 46 heavy (non-hydrogen) atoms. The molecule has 0 unspecified atom stereocenters. The van der Waals surface area contributed by atoms with E-state index in [1.54, 1.807) is 72.8 Å². The second kappa shape index (κ2) is 13.4. The quantitative estimate of drug-likeness (QED) is 0.171. The average molecular weight is 603 g/mol. The fraction of sp³-hybridized carbons (Fsp3) is 0.0976. The minimum atomic E-state index is -0.515. The Balaban J connectivity index is 1.47. The van der Waals surface area contributed by atoms with Crippen LogP contribution in [0, 0.1) is 0 Å². The molecular weight excluding hydrogens is 572 g/mol. The summed E-state index contributed by atoms with van der Waals surface area (Å²) in [7, 11) is 0. The number of rotatable bonds is 10. The molecule has 0 saturated carbocycles. The first-order chi connectivity index (χ1) is 22.4.